The highest BCUT2D eigenvalue weighted by Crippen LogP contribution is 2.13. The van der Waals surface area contributed by atoms with Crippen LogP contribution in [0, 0.1) is 0 Å². The van der Waals surface area contributed by atoms with E-state index in [0.717, 1.165) is 11.3 Å². The molecule has 0 fully saturated rings. The molecule has 2 rings (SSSR count). The monoisotopic (exact) mass is 272 g/mol. The molecule has 0 aliphatic carbocycles. The van der Waals surface area contributed by atoms with Gasteiger partial charge < -0.3 is 0 Å². The minimum Gasteiger partial charge on any atom is -0.289 e. The molecule has 1 aromatic rings. The third-order valence-corrected chi connectivity index (χ3v) is 2.72. The summed E-state index contributed by atoms with van der Waals surface area (Å²) in [5, 5.41) is 18.1. The molecule has 6 nitrogen and oxygen atoms in total. The van der Waals surface area contributed by atoms with Gasteiger partial charge in [-0.1, -0.05) is 47.7 Å². The Morgan fingerprint density at radius 3 is 2.95 bits per heavy atom. The standard InChI is InChI=1S/C14H16N4O2/c19-14(16-20)9-8-13-11-18(17-15-13)10-4-7-12-5-2-1-3-6-12/h1-8,20H,9-11H2,(H,16,19)/b7-4?,13-8-. The maximum Gasteiger partial charge on any atom is 0.247 e. The summed E-state index contributed by atoms with van der Waals surface area (Å²) >= 11 is 0. The molecule has 0 saturated carbocycles. The zero-order valence-electron chi connectivity index (χ0n) is 10.9. The molecule has 1 amide bonds. The summed E-state index contributed by atoms with van der Waals surface area (Å²) in [6.45, 7) is 1.22. The van der Waals surface area contributed by atoms with Crippen LogP contribution in [0.25, 0.3) is 6.08 Å². The number of nitrogens with one attached hydrogen (secondary N) is 1. The van der Waals surface area contributed by atoms with E-state index in [0.29, 0.717) is 13.1 Å². The fourth-order valence-electron chi connectivity index (χ4n) is 1.71. The maximum atomic E-state index is 10.9. The maximum absolute atomic E-state index is 10.9. The molecule has 1 aromatic carbocycles. The predicted molar refractivity (Wildman–Crippen MR) is 74.5 cm³/mol. The van der Waals surface area contributed by atoms with E-state index in [9.17, 15) is 4.79 Å². The zero-order chi connectivity index (χ0) is 14.2. The van der Waals surface area contributed by atoms with E-state index in [1.807, 2.05) is 42.5 Å². The highest BCUT2D eigenvalue weighted by Gasteiger charge is 2.11. The largest absolute Gasteiger partial charge is 0.289 e. The van der Waals surface area contributed by atoms with Crippen LogP contribution in [0.15, 0.2) is 58.5 Å². The van der Waals surface area contributed by atoms with Crippen LogP contribution in [0.3, 0.4) is 0 Å². The van der Waals surface area contributed by atoms with Gasteiger partial charge in [0.15, 0.2) is 0 Å². The van der Waals surface area contributed by atoms with Crippen molar-refractivity contribution < 1.29 is 10.0 Å². The number of carbonyl (C=O) groups excluding carboxylic acids is 1. The Balaban J connectivity index is 1.78. The van der Waals surface area contributed by atoms with Gasteiger partial charge in [0.05, 0.1) is 18.8 Å². The van der Waals surface area contributed by atoms with E-state index < -0.39 is 5.91 Å². The molecule has 0 bridgehead atoms. The lowest BCUT2D eigenvalue weighted by Crippen LogP contribution is -2.18. The van der Waals surface area contributed by atoms with E-state index in [4.69, 9.17) is 5.21 Å². The van der Waals surface area contributed by atoms with Gasteiger partial charge in [-0.2, -0.15) is 0 Å². The molecule has 0 aromatic heterocycles. The normalized spacial score (nSPS) is 16.2. The van der Waals surface area contributed by atoms with Crippen LogP contribution in [0.5, 0.6) is 0 Å². The van der Waals surface area contributed by atoms with Crippen molar-refractivity contribution in [1.82, 2.24) is 10.5 Å². The first kappa shape index (κ1) is 14.0. The SMILES string of the molecule is O=C(C/C=C1/CN(CC=Cc2ccccc2)N=N1)NO. The average Bonchev–Trinajstić information content (AvgIpc) is 2.94. The summed E-state index contributed by atoms with van der Waals surface area (Å²) in [6, 6.07) is 10.0. The molecule has 20 heavy (non-hydrogen) atoms. The van der Waals surface area contributed by atoms with Crippen molar-refractivity contribution >= 4 is 12.0 Å². The lowest BCUT2D eigenvalue weighted by Gasteiger charge is -2.07. The topological polar surface area (TPSA) is 77.3 Å². The summed E-state index contributed by atoms with van der Waals surface area (Å²) in [7, 11) is 0. The van der Waals surface area contributed by atoms with Crippen molar-refractivity contribution in [3.8, 4) is 0 Å². The molecule has 0 spiro atoms. The Bertz CT molecular complexity index is 537. The van der Waals surface area contributed by atoms with Gasteiger partial charge in [-0.25, -0.2) is 5.48 Å². The van der Waals surface area contributed by atoms with Crippen molar-refractivity contribution in [3.05, 3.63) is 53.7 Å². The van der Waals surface area contributed by atoms with Crippen LogP contribution < -0.4 is 5.48 Å². The Morgan fingerprint density at radius 1 is 1.40 bits per heavy atom. The lowest BCUT2D eigenvalue weighted by atomic mass is 10.2. The molecular weight excluding hydrogens is 256 g/mol. The molecule has 0 saturated heterocycles. The van der Waals surface area contributed by atoms with Crippen LogP contribution in [0.1, 0.15) is 12.0 Å². The zero-order valence-corrected chi connectivity index (χ0v) is 10.9. The van der Waals surface area contributed by atoms with Gasteiger partial charge in [-0.3, -0.25) is 15.0 Å². The molecule has 1 heterocycles. The van der Waals surface area contributed by atoms with E-state index in [2.05, 4.69) is 10.3 Å². The van der Waals surface area contributed by atoms with Gasteiger partial charge >= 0.3 is 0 Å². The van der Waals surface area contributed by atoms with Crippen molar-refractivity contribution in [1.29, 1.82) is 0 Å². The summed E-state index contributed by atoms with van der Waals surface area (Å²) in [5.41, 5.74) is 3.43. The van der Waals surface area contributed by atoms with Gasteiger partial charge in [0.2, 0.25) is 5.91 Å². The third kappa shape index (κ3) is 4.33. The highest BCUT2D eigenvalue weighted by molar-refractivity contribution is 5.76. The quantitative estimate of drug-likeness (QED) is 0.637. The Morgan fingerprint density at radius 2 is 2.20 bits per heavy atom. The van der Waals surface area contributed by atoms with E-state index in [1.54, 1.807) is 16.6 Å². The Hall–Kier alpha value is -2.47. The molecule has 6 heteroatoms. The predicted octanol–water partition coefficient (Wildman–Crippen LogP) is 2.16. The van der Waals surface area contributed by atoms with Gasteiger partial charge in [0.25, 0.3) is 0 Å². The number of benzene rings is 1. The van der Waals surface area contributed by atoms with Crippen molar-refractivity contribution in [2.45, 2.75) is 6.42 Å². The number of nitrogens with zero attached hydrogens (tertiary/aromatic N) is 3. The highest BCUT2D eigenvalue weighted by atomic mass is 16.5. The van der Waals surface area contributed by atoms with Crippen molar-refractivity contribution in [3.63, 3.8) is 0 Å². The molecule has 1 aliphatic heterocycles. The number of carbonyl (C=O) groups is 1. The first-order valence-corrected chi connectivity index (χ1v) is 6.28. The Labute approximate surface area is 117 Å². The van der Waals surface area contributed by atoms with E-state index >= 15 is 0 Å². The minimum atomic E-state index is -0.463. The van der Waals surface area contributed by atoms with E-state index in [1.165, 1.54) is 0 Å². The van der Waals surface area contributed by atoms with E-state index in [-0.39, 0.29) is 6.42 Å². The number of hydrogen-bond donors (Lipinski definition) is 2. The molecule has 0 atom stereocenters. The van der Waals surface area contributed by atoms with Crippen LogP contribution in [-0.2, 0) is 4.79 Å². The van der Waals surface area contributed by atoms with Crippen molar-refractivity contribution in [2.24, 2.45) is 10.3 Å². The van der Waals surface area contributed by atoms with Crippen LogP contribution >= 0.6 is 0 Å². The molecule has 104 valence electrons. The van der Waals surface area contributed by atoms with Crippen LogP contribution in [0.2, 0.25) is 0 Å². The second kappa shape index (κ2) is 7.20. The molecule has 2 N–H and O–H groups in total. The number of hydrogen-bond acceptors (Lipinski definition) is 5. The minimum absolute atomic E-state index is 0.0958. The third-order valence-electron chi connectivity index (χ3n) is 2.72. The number of rotatable bonds is 5. The van der Waals surface area contributed by atoms with Gasteiger partial charge in [-0.05, 0) is 11.6 Å². The van der Waals surface area contributed by atoms with Crippen LogP contribution in [-0.4, -0.2) is 29.2 Å². The summed E-state index contributed by atoms with van der Waals surface area (Å²) in [5.74, 6) is -0.463. The van der Waals surface area contributed by atoms with Crippen LogP contribution in [0.4, 0.5) is 0 Å². The smallest absolute Gasteiger partial charge is 0.247 e. The second-order valence-electron chi connectivity index (χ2n) is 4.28. The molecule has 1 aliphatic rings. The molecular formula is C14H16N4O2. The Kier molecular flexibility index (Phi) is 5.02. The second-order valence-corrected chi connectivity index (χ2v) is 4.28. The first-order chi connectivity index (χ1) is 9.78. The van der Waals surface area contributed by atoms with Gasteiger partial charge in [0.1, 0.15) is 0 Å². The van der Waals surface area contributed by atoms with Crippen molar-refractivity contribution in [2.75, 3.05) is 13.1 Å². The van der Waals surface area contributed by atoms with Gasteiger partial charge in [0, 0.05) is 6.42 Å². The average molecular weight is 272 g/mol. The summed E-state index contributed by atoms with van der Waals surface area (Å²) in [4.78, 5) is 10.9. The molecule has 0 radical (unpaired) electrons. The lowest BCUT2D eigenvalue weighted by molar-refractivity contribution is -0.128. The summed E-state index contributed by atoms with van der Waals surface area (Å²) < 4.78 is 0. The molecule has 0 unspecified atom stereocenters. The number of hydroxylamine groups is 1. The fourth-order valence-corrected chi connectivity index (χ4v) is 1.71. The van der Waals surface area contributed by atoms with Gasteiger partial charge in [-0.15, -0.1) is 5.11 Å². The number of amides is 1. The summed E-state index contributed by atoms with van der Waals surface area (Å²) in [6.07, 6.45) is 5.78. The fraction of sp³-hybridized carbons (Fsp3) is 0.214. The first-order valence-electron chi connectivity index (χ1n) is 6.28.